The fourth-order valence-electron chi connectivity index (χ4n) is 3.96. The molecule has 1 heterocycles. The number of carbonyl (C=O) groups is 1. The van der Waals surface area contributed by atoms with Crippen LogP contribution in [0.25, 0.3) is 28.1 Å². The number of H-pyrrole nitrogens is 1. The van der Waals surface area contributed by atoms with Crippen molar-refractivity contribution in [1.82, 2.24) is 10.2 Å². The lowest BCUT2D eigenvalue weighted by Crippen LogP contribution is -1.98. The van der Waals surface area contributed by atoms with E-state index in [4.69, 9.17) is 27.9 Å². The van der Waals surface area contributed by atoms with Gasteiger partial charge in [0.05, 0.1) is 18.3 Å². The van der Waals surface area contributed by atoms with Crippen molar-refractivity contribution in [1.29, 1.82) is 0 Å². The van der Waals surface area contributed by atoms with Crippen molar-refractivity contribution < 1.29 is 9.53 Å². The third-order valence-electron chi connectivity index (χ3n) is 5.54. The number of nitrogens with zero attached hydrogens (tertiary/aromatic N) is 1. The van der Waals surface area contributed by atoms with Gasteiger partial charge < -0.3 is 4.74 Å². The topological polar surface area (TPSA) is 55.0 Å². The maximum Gasteiger partial charge on any atom is 0.330 e. The Labute approximate surface area is 208 Å². The van der Waals surface area contributed by atoms with Crippen LogP contribution in [0, 0.1) is 0 Å². The molecular formula is C28H24Cl2N2O2. The molecule has 0 spiro atoms. The van der Waals surface area contributed by atoms with Crippen molar-refractivity contribution in [3.05, 3.63) is 105 Å². The lowest BCUT2D eigenvalue weighted by atomic mass is 9.87. The molecule has 0 radical (unpaired) electrons. The molecule has 6 heteroatoms. The first-order valence-corrected chi connectivity index (χ1v) is 11.8. The minimum Gasteiger partial charge on any atom is -0.463 e. The zero-order chi connectivity index (χ0) is 24.1. The summed E-state index contributed by atoms with van der Waals surface area (Å²) in [5, 5.41) is 9.41. The van der Waals surface area contributed by atoms with Crippen LogP contribution in [0.3, 0.4) is 0 Å². The van der Waals surface area contributed by atoms with E-state index in [1.165, 1.54) is 6.08 Å². The van der Waals surface area contributed by atoms with Gasteiger partial charge in [-0.15, -0.1) is 0 Å². The van der Waals surface area contributed by atoms with Gasteiger partial charge in [-0.25, -0.2) is 4.79 Å². The molecular weight excluding hydrogens is 467 g/mol. The van der Waals surface area contributed by atoms with Gasteiger partial charge in [0.2, 0.25) is 0 Å². The van der Waals surface area contributed by atoms with Crippen molar-refractivity contribution in [3.63, 3.8) is 0 Å². The molecule has 0 saturated carbocycles. The number of esters is 1. The van der Waals surface area contributed by atoms with E-state index in [1.807, 2.05) is 36.5 Å². The van der Waals surface area contributed by atoms with Crippen molar-refractivity contribution >= 4 is 57.3 Å². The zero-order valence-corrected chi connectivity index (χ0v) is 20.5. The number of nitrogens with one attached hydrogen (secondary N) is 1. The van der Waals surface area contributed by atoms with Crippen LogP contribution in [-0.2, 0) is 9.53 Å². The van der Waals surface area contributed by atoms with Crippen molar-refractivity contribution in [2.75, 3.05) is 6.61 Å². The molecule has 172 valence electrons. The van der Waals surface area contributed by atoms with Gasteiger partial charge in [0.1, 0.15) is 0 Å². The van der Waals surface area contributed by atoms with Gasteiger partial charge in [0, 0.05) is 21.5 Å². The lowest BCUT2D eigenvalue weighted by Gasteiger charge is -2.18. The minimum absolute atomic E-state index is 0.352. The van der Waals surface area contributed by atoms with Crippen molar-refractivity contribution in [2.24, 2.45) is 0 Å². The maximum atomic E-state index is 11.7. The van der Waals surface area contributed by atoms with E-state index >= 15 is 0 Å². The van der Waals surface area contributed by atoms with E-state index in [0.717, 1.165) is 50.7 Å². The monoisotopic (exact) mass is 490 g/mol. The van der Waals surface area contributed by atoms with Crippen LogP contribution in [0.4, 0.5) is 0 Å². The summed E-state index contributed by atoms with van der Waals surface area (Å²) >= 11 is 12.8. The van der Waals surface area contributed by atoms with Gasteiger partial charge in [-0.1, -0.05) is 66.5 Å². The second kappa shape index (κ2) is 10.7. The molecule has 4 aromatic rings. The number of hydrogen-bond donors (Lipinski definition) is 1. The Morgan fingerprint density at radius 3 is 2.47 bits per heavy atom. The highest BCUT2D eigenvalue weighted by atomic mass is 35.5. The average Bonchev–Trinajstić information content (AvgIpc) is 3.30. The number of benzene rings is 3. The van der Waals surface area contributed by atoms with E-state index in [2.05, 4.69) is 41.4 Å². The minimum atomic E-state index is -0.355. The Hall–Kier alpha value is -3.34. The highest BCUT2D eigenvalue weighted by Gasteiger charge is 2.16. The fourth-order valence-corrected chi connectivity index (χ4v) is 4.49. The number of fused-ring (bicyclic) bond motifs is 1. The third-order valence-corrected chi connectivity index (χ3v) is 6.09. The molecule has 0 atom stereocenters. The number of halogens is 2. The molecule has 0 saturated heterocycles. The summed E-state index contributed by atoms with van der Waals surface area (Å²) in [4.78, 5) is 11.7. The van der Waals surface area contributed by atoms with Crippen LogP contribution in [-0.4, -0.2) is 22.8 Å². The molecule has 0 aliphatic heterocycles. The Balaban J connectivity index is 1.85. The predicted molar refractivity (Wildman–Crippen MR) is 141 cm³/mol. The molecule has 4 rings (SSSR count). The van der Waals surface area contributed by atoms with Gasteiger partial charge in [0.15, 0.2) is 0 Å². The smallest absolute Gasteiger partial charge is 0.330 e. The molecule has 1 N–H and O–H groups in total. The number of aromatic amines is 1. The third kappa shape index (κ3) is 5.24. The Kier molecular flexibility index (Phi) is 7.51. The molecule has 0 bridgehead atoms. The Bertz CT molecular complexity index is 1390. The number of ether oxygens (including phenoxy) is 1. The average molecular weight is 491 g/mol. The normalized spacial score (nSPS) is 12.2. The largest absolute Gasteiger partial charge is 0.463 e. The fraction of sp³-hybridized carbons (Fsp3) is 0.143. The Morgan fingerprint density at radius 2 is 1.76 bits per heavy atom. The van der Waals surface area contributed by atoms with Crippen LogP contribution in [0.15, 0.2) is 72.9 Å². The Morgan fingerprint density at radius 1 is 1.00 bits per heavy atom. The second-order valence-electron chi connectivity index (χ2n) is 7.71. The molecule has 3 aromatic carbocycles. The van der Waals surface area contributed by atoms with Gasteiger partial charge in [-0.05, 0) is 77.1 Å². The number of allylic oxidation sites excluding steroid dienone is 1. The zero-order valence-electron chi connectivity index (χ0n) is 18.9. The molecule has 0 unspecified atom stereocenters. The number of aromatic nitrogens is 2. The van der Waals surface area contributed by atoms with E-state index in [-0.39, 0.29) is 5.97 Å². The van der Waals surface area contributed by atoms with E-state index < -0.39 is 0 Å². The summed E-state index contributed by atoms with van der Waals surface area (Å²) < 4.78 is 4.96. The van der Waals surface area contributed by atoms with Crippen molar-refractivity contribution in [2.45, 2.75) is 20.3 Å². The highest BCUT2D eigenvalue weighted by Crippen LogP contribution is 2.38. The van der Waals surface area contributed by atoms with Gasteiger partial charge in [0.25, 0.3) is 0 Å². The first-order valence-electron chi connectivity index (χ1n) is 11.1. The summed E-state index contributed by atoms with van der Waals surface area (Å²) in [5.41, 5.74) is 7.12. The van der Waals surface area contributed by atoms with Crippen LogP contribution in [0.5, 0.6) is 0 Å². The predicted octanol–water partition coefficient (Wildman–Crippen LogP) is 7.82. The van der Waals surface area contributed by atoms with E-state index in [1.54, 1.807) is 19.1 Å². The summed E-state index contributed by atoms with van der Waals surface area (Å²) in [7, 11) is 0. The maximum absolute atomic E-state index is 11.7. The number of hydrogen-bond acceptors (Lipinski definition) is 3. The molecule has 0 fully saturated rings. The van der Waals surface area contributed by atoms with Gasteiger partial charge in [-0.3, -0.25) is 5.10 Å². The molecule has 0 aliphatic carbocycles. The number of carbonyl (C=O) groups excluding carboxylic acids is 1. The summed E-state index contributed by atoms with van der Waals surface area (Å²) in [6, 6.07) is 19.9. The van der Waals surface area contributed by atoms with Crippen molar-refractivity contribution in [3.8, 4) is 0 Å². The first-order chi connectivity index (χ1) is 16.5. The molecule has 1 aromatic heterocycles. The molecule has 0 amide bonds. The standard InChI is InChI=1S/C28H24Cl2N2O2/c1-3-23(24-12-11-22(29)16-25(24)30)28(20-10-13-26-21(15-20)17-31-32-26)19-8-5-18(6-9-19)7-14-27(33)34-4-2/h5-17H,3-4H2,1-2H3,(H,31,32)/b14-7+,28-23?. The molecule has 34 heavy (non-hydrogen) atoms. The summed E-state index contributed by atoms with van der Waals surface area (Å²) in [5.74, 6) is -0.355. The van der Waals surface area contributed by atoms with E-state index in [9.17, 15) is 4.79 Å². The van der Waals surface area contributed by atoms with Gasteiger partial charge >= 0.3 is 5.97 Å². The molecule has 0 aliphatic rings. The van der Waals surface area contributed by atoms with Crippen LogP contribution in [0.2, 0.25) is 10.0 Å². The van der Waals surface area contributed by atoms with Crippen LogP contribution < -0.4 is 0 Å². The lowest BCUT2D eigenvalue weighted by molar-refractivity contribution is -0.137. The summed E-state index contributed by atoms with van der Waals surface area (Å²) in [6.07, 6.45) is 5.78. The SMILES string of the molecule is CCOC(=O)/C=C/c1ccc(C(=C(CC)c2ccc(Cl)cc2Cl)c2ccc3[nH]ncc3c2)cc1. The molecule has 4 nitrogen and oxygen atoms in total. The second-order valence-corrected chi connectivity index (χ2v) is 8.55. The highest BCUT2D eigenvalue weighted by molar-refractivity contribution is 6.36. The summed E-state index contributed by atoms with van der Waals surface area (Å²) in [6.45, 7) is 4.25. The number of rotatable bonds is 7. The van der Waals surface area contributed by atoms with Crippen LogP contribution in [0.1, 0.15) is 42.5 Å². The first kappa shape index (κ1) is 23.8. The van der Waals surface area contributed by atoms with Crippen LogP contribution >= 0.6 is 23.2 Å². The van der Waals surface area contributed by atoms with Gasteiger partial charge in [-0.2, -0.15) is 5.10 Å². The van der Waals surface area contributed by atoms with E-state index in [0.29, 0.717) is 16.7 Å². The quantitative estimate of drug-likeness (QED) is 0.163.